The molecule has 6 nitrogen and oxygen atoms in total. The van der Waals surface area contributed by atoms with Gasteiger partial charge in [-0.2, -0.15) is 15.5 Å². The topological polar surface area (TPSA) is 102 Å². The highest BCUT2D eigenvalue weighted by molar-refractivity contribution is 5.82. The minimum absolute atomic E-state index is 0.102. The van der Waals surface area contributed by atoms with Gasteiger partial charge in [0.25, 0.3) is 0 Å². The fourth-order valence-electron chi connectivity index (χ4n) is 2.12. The maximum absolute atomic E-state index is 9.50. The highest BCUT2D eigenvalue weighted by Gasteiger charge is 2.21. The summed E-state index contributed by atoms with van der Waals surface area (Å²) in [4.78, 5) is 4.17. The van der Waals surface area contributed by atoms with E-state index in [0.717, 1.165) is 5.56 Å². The number of aliphatic hydroxyl groups excluding tert-OH is 1. The van der Waals surface area contributed by atoms with E-state index in [1.807, 2.05) is 30.3 Å². The number of nitriles is 2. The van der Waals surface area contributed by atoms with E-state index >= 15 is 0 Å². The third kappa shape index (κ3) is 2.83. The molecule has 22 heavy (non-hydrogen) atoms. The maximum Gasteiger partial charge on any atom is 0.234 e. The Balaban J connectivity index is 2.77. The van der Waals surface area contributed by atoms with E-state index in [0.29, 0.717) is 5.56 Å². The second-order valence-corrected chi connectivity index (χ2v) is 4.33. The van der Waals surface area contributed by atoms with E-state index in [4.69, 9.17) is 9.84 Å². The van der Waals surface area contributed by atoms with Gasteiger partial charge in [0.15, 0.2) is 0 Å². The average Bonchev–Trinajstić information content (AvgIpc) is 2.58. The third-order valence-corrected chi connectivity index (χ3v) is 3.05. The molecule has 0 aliphatic rings. The van der Waals surface area contributed by atoms with Crippen LogP contribution in [0.1, 0.15) is 11.1 Å². The van der Waals surface area contributed by atoms with Crippen LogP contribution in [0.25, 0.3) is 11.1 Å². The van der Waals surface area contributed by atoms with Crippen LogP contribution in [0.4, 0.5) is 5.82 Å². The van der Waals surface area contributed by atoms with Gasteiger partial charge in [0.05, 0.1) is 13.7 Å². The van der Waals surface area contributed by atoms with Crippen LogP contribution in [0.3, 0.4) is 0 Å². The third-order valence-electron chi connectivity index (χ3n) is 3.05. The molecule has 0 amide bonds. The fraction of sp³-hybridized carbons (Fsp3) is 0.188. The van der Waals surface area contributed by atoms with Crippen LogP contribution in [-0.2, 0) is 0 Å². The number of hydrogen-bond acceptors (Lipinski definition) is 6. The molecule has 0 saturated carbocycles. The van der Waals surface area contributed by atoms with Crippen LogP contribution < -0.4 is 10.1 Å². The van der Waals surface area contributed by atoms with E-state index in [9.17, 15) is 10.5 Å². The Morgan fingerprint density at radius 1 is 1.18 bits per heavy atom. The van der Waals surface area contributed by atoms with Gasteiger partial charge in [-0.25, -0.2) is 0 Å². The van der Waals surface area contributed by atoms with Crippen molar-refractivity contribution in [2.45, 2.75) is 0 Å². The summed E-state index contributed by atoms with van der Waals surface area (Å²) in [6.45, 7) is 0.139. The molecule has 110 valence electrons. The van der Waals surface area contributed by atoms with Crippen LogP contribution >= 0.6 is 0 Å². The summed E-state index contributed by atoms with van der Waals surface area (Å²) in [5.41, 5.74) is 1.65. The monoisotopic (exact) mass is 294 g/mol. The van der Waals surface area contributed by atoms with Crippen molar-refractivity contribution < 1.29 is 9.84 Å². The predicted octanol–water partition coefficient (Wildman–Crippen LogP) is 1.90. The van der Waals surface area contributed by atoms with Gasteiger partial charge >= 0.3 is 0 Å². The molecular formula is C16H14N4O2. The van der Waals surface area contributed by atoms with Gasteiger partial charge in [-0.15, -0.1) is 0 Å². The highest BCUT2D eigenvalue weighted by atomic mass is 16.5. The molecule has 1 aromatic heterocycles. The first-order chi connectivity index (χ1) is 10.8. The molecule has 0 saturated heterocycles. The molecule has 1 heterocycles. The molecule has 6 heteroatoms. The quantitative estimate of drug-likeness (QED) is 0.873. The molecule has 0 bridgehead atoms. The van der Waals surface area contributed by atoms with Crippen LogP contribution in [0.5, 0.6) is 5.88 Å². The van der Waals surface area contributed by atoms with E-state index in [1.54, 1.807) is 0 Å². The van der Waals surface area contributed by atoms with Crippen LogP contribution in [0.2, 0.25) is 0 Å². The van der Waals surface area contributed by atoms with Crippen LogP contribution in [0.15, 0.2) is 30.3 Å². The molecule has 0 aliphatic heterocycles. The van der Waals surface area contributed by atoms with E-state index in [2.05, 4.69) is 22.4 Å². The van der Waals surface area contributed by atoms with Crippen molar-refractivity contribution in [3.05, 3.63) is 41.5 Å². The maximum atomic E-state index is 9.50. The van der Waals surface area contributed by atoms with Gasteiger partial charge in [0.1, 0.15) is 29.1 Å². The van der Waals surface area contributed by atoms with Crippen molar-refractivity contribution >= 4 is 5.82 Å². The fourth-order valence-corrected chi connectivity index (χ4v) is 2.12. The van der Waals surface area contributed by atoms with Crippen molar-refractivity contribution in [2.75, 3.05) is 25.6 Å². The minimum atomic E-state index is -0.102. The van der Waals surface area contributed by atoms with Gasteiger partial charge < -0.3 is 15.2 Å². The number of nitrogens with one attached hydrogen (secondary N) is 1. The number of hydrogen-bond donors (Lipinski definition) is 2. The Kier molecular flexibility index (Phi) is 4.92. The molecule has 0 atom stereocenters. The van der Waals surface area contributed by atoms with Gasteiger partial charge in [-0.3, -0.25) is 0 Å². The minimum Gasteiger partial charge on any atom is -0.480 e. The van der Waals surface area contributed by atoms with Gasteiger partial charge in [-0.1, -0.05) is 30.3 Å². The summed E-state index contributed by atoms with van der Waals surface area (Å²) < 4.78 is 5.17. The number of aliphatic hydroxyl groups is 1. The summed E-state index contributed by atoms with van der Waals surface area (Å²) in [5.74, 6) is 0.423. The first kappa shape index (κ1) is 15.3. The molecule has 2 aromatic rings. The van der Waals surface area contributed by atoms with Crippen molar-refractivity contribution in [1.82, 2.24) is 4.98 Å². The van der Waals surface area contributed by atoms with Crippen LogP contribution in [-0.4, -0.2) is 30.4 Å². The summed E-state index contributed by atoms with van der Waals surface area (Å²) in [6, 6.07) is 13.3. The number of methoxy groups -OCH3 is 1. The zero-order valence-corrected chi connectivity index (χ0v) is 12.0. The molecule has 0 aliphatic carbocycles. The zero-order valence-electron chi connectivity index (χ0n) is 12.0. The normalized spacial score (nSPS) is 9.64. The number of ether oxygens (including phenoxy) is 1. The SMILES string of the molecule is COc1nc(NCCO)c(C#N)c(-c2ccccc2)c1C#N. The van der Waals surface area contributed by atoms with Gasteiger partial charge in [0, 0.05) is 12.1 Å². The van der Waals surface area contributed by atoms with E-state index < -0.39 is 0 Å². The van der Waals surface area contributed by atoms with Crippen molar-refractivity contribution in [2.24, 2.45) is 0 Å². The van der Waals surface area contributed by atoms with Crippen molar-refractivity contribution in [3.63, 3.8) is 0 Å². The standard InChI is InChI=1S/C16H14N4O2/c1-22-16-13(10-18)14(11-5-3-2-4-6-11)12(9-17)15(20-16)19-7-8-21/h2-6,21H,7-8H2,1H3,(H,19,20). The Hall–Kier alpha value is -3.09. The van der Waals surface area contributed by atoms with Crippen molar-refractivity contribution in [1.29, 1.82) is 10.5 Å². The number of nitrogens with zero attached hydrogens (tertiary/aromatic N) is 3. The lowest BCUT2D eigenvalue weighted by Crippen LogP contribution is -2.11. The number of aromatic nitrogens is 1. The zero-order chi connectivity index (χ0) is 15.9. The molecule has 1 aromatic carbocycles. The molecule has 0 radical (unpaired) electrons. The largest absolute Gasteiger partial charge is 0.480 e. The second kappa shape index (κ2) is 7.07. The number of anilines is 1. The average molecular weight is 294 g/mol. The molecular weight excluding hydrogens is 280 g/mol. The number of rotatable bonds is 5. The lowest BCUT2D eigenvalue weighted by Gasteiger charge is -2.14. The van der Waals surface area contributed by atoms with Gasteiger partial charge in [0.2, 0.25) is 5.88 Å². The smallest absolute Gasteiger partial charge is 0.234 e. The number of benzene rings is 1. The molecule has 2 N–H and O–H groups in total. The Morgan fingerprint density at radius 3 is 2.41 bits per heavy atom. The first-order valence-corrected chi connectivity index (χ1v) is 6.59. The summed E-state index contributed by atoms with van der Waals surface area (Å²) in [5, 5.41) is 30.8. The Bertz CT molecular complexity index is 745. The lowest BCUT2D eigenvalue weighted by molar-refractivity contribution is 0.311. The Labute approximate surface area is 128 Å². The van der Waals surface area contributed by atoms with E-state index in [1.165, 1.54) is 7.11 Å². The highest BCUT2D eigenvalue weighted by Crippen LogP contribution is 2.35. The van der Waals surface area contributed by atoms with E-state index in [-0.39, 0.29) is 36.0 Å². The summed E-state index contributed by atoms with van der Waals surface area (Å²) in [7, 11) is 1.42. The summed E-state index contributed by atoms with van der Waals surface area (Å²) >= 11 is 0. The lowest BCUT2D eigenvalue weighted by atomic mass is 9.96. The molecule has 2 rings (SSSR count). The summed E-state index contributed by atoms with van der Waals surface area (Å²) in [6.07, 6.45) is 0. The Morgan fingerprint density at radius 2 is 1.86 bits per heavy atom. The van der Waals surface area contributed by atoms with Crippen molar-refractivity contribution in [3.8, 4) is 29.1 Å². The molecule has 0 spiro atoms. The number of pyridine rings is 1. The molecule has 0 fully saturated rings. The first-order valence-electron chi connectivity index (χ1n) is 6.59. The van der Waals surface area contributed by atoms with Gasteiger partial charge in [-0.05, 0) is 5.56 Å². The predicted molar refractivity (Wildman–Crippen MR) is 81.2 cm³/mol. The molecule has 0 unspecified atom stereocenters. The second-order valence-electron chi connectivity index (χ2n) is 4.33. The van der Waals surface area contributed by atoms with Crippen LogP contribution in [0, 0.1) is 22.7 Å².